The van der Waals surface area contributed by atoms with E-state index in [1.165, 1.54) is 0 Å². The van der Waals surface area contributed by atoms with Crippen molar-refractivity contribution >= 4 is 5.78 Å². The second kappa shape index (κ2) is 4.38. The molecular formula is C11H16O2. The molecule has 0 spiro atoms. The third-order valence-corrected chi connectivity index (χ3v) is 2.42. The van der Waals surface area contributed by atoms with Crippen LogP contribution in [-0.2, 0) is 4.79 Å². The van der Waals surface area contributed by atoms with Crippen LogP contribution < -0.4 is 0 Å². The lowest BCUT2D eigenvalue weighted by molar-refractivity contribution is -0.115. The highest BCUT2D eigenvalue weighted by Gasteiger charge is 2.26. The number of hydrogen-bond acceptors (Lipinski definition) is 2. The Morgan fingerprint density at radius 1 is 1.54 bits per heavy atom. The van der Waals surface area contributed by atoms with Crippen molar-refractivity contribution in [3.05, 3.63) is 23.3 Å². The summed E-state index contributed by atoms with van der Waals surface area (Å²) in [6.45, 7) is 3.90. The number of aliphatic hydroxyl groups is 1. The van der Waals surface area contributed by atoms with Crippen LogP contribution in [0.15, 0.2) is 23.3 Å². The van der Waals surface area contributed by atoms with Gasteiger partial charge in [-0.15, -0.1) is 0 Å². The van der Waals surface area contributed by atoms with Crippen molar-refractivity contribution in [3.8, 4) is 0 Å². The van der Waals surface area contributed by atoms with Gasteiger partial charge in [-0.05, 0) is 25.3 Å². The average molecular weight is 180 g/mol. The second-order valence-corrected chi connectivity index (χ2v) is 3.39. The van der Waals surface area contributed by atoms with Gasteiger partial charge in [0.25, 0.3) is 0 Å². The summed E-state index contributed by atoms with van der Waals surface area (Å²) in [6, 6.07) is 0. The summed E-state index contributed by atoms with van der Waals surface area (Å²) in [5.74, 6) is 0.103. The molecule has 0 saturated heterocycles. The lowest BCUT2D eigenvalue weighted by atomic mass is 10.1. The monoisotopic (exact) mass is 180 g/mol. The molecule has 2 heteroatoms. The third kappa shape index (κ3) is 2.28. The van der Waals surface area contributed by atoms with Gasteiger partial charge < -0.3 is 5.11 Å². The van der Waals surface area contributed by atoms with Crippen molar-refractivity contribution < 1.29 is 9.90 Å². The Bertz CT molecular complexity index is 261. The number of rotatable bonds is 3. The number of carbonyl (C=O) groups is 1. The molecule has 0 heterocycles. The minimum absolute atomic E-state index is 0.103. The predicted octanol–water partition coefficient (Wildman–Crippen LogP) is 1.99. The van der Waals surface area contributed by atoms with Crippen LogP contribution in [0.5, 0.6) is 0 Å². The highest BCUT2D eigenvalue weighted by Crippen LogP contribution is 2.25. The highest BCUT2D eigenvalue weighted by atomic mass is 16.3. The molecule has 0 radical (unpaired) electrons. The number of carbonyl (C=O) groups excluding carboxylic acids is 1. The quantitative estimate of drug-likeness (QED) is 0.674. The fraction of sp³-hybridized carbons (Fsp3) is 0.545. The van der Waals surface area contributed by atoms with Crippen LogP contribution in [0.25, 0.3) is 0 Å². The number of hydrogen-bond donors (Lipinski definition) is 1. The zero-order chi connectivity index (χ0) is 9.84. The van der Waals surface area contributed by atoms with Crippen LogP contribution in [0.1, 0.15) is 33.1 Å². The van der Waals surface area contributed by atoms with Crippen LogP contribution >= 0.6 is 0 Å². The van der Waals surface area contributed by atoms with E-state index in [4.69, 9.17) is 0 Å². The summed E-state index contributed by atoms with van der Waals surface area (Å²) in [5.41, 5.74) is 1.66. The van der Waals surface area contributed by atoms with Gasteiger partial charge in [-0.3, -0.25) is 4.79 Å². The predicted molar refractivity (Wildman–Crippen MR) is 52.4 cm³/mol. The Hall–Kier alpha value is -0.890. The van der Waals surface area contributed by atoms with E-state index in [0.29, 0.717) is 6.42 Å². The zero-order valence-corrected chi connectivity index (χ0v) is 8.21. The molecule has 0 aromatic rings. The van der Waals surface area contributed by atoms with Gasteiger partial charge in [-0.1, -0.05) is 19.1 Å². The van der Waals surface area contributed by atoms with E-state index in [2.05, 4.69) is 6.92 Å². The van der Waals surface area contributed by atoms with E-state index in [-0.39, 0.29) is 12.2 Å². The standard InChI is InChI=1S/C11H16O2/c1-3-4-5-6-9-8(2)10(12)7-11(9)13/h4-5,10,12H,3,6-7H2,1-2H3/t10-/m1/s1. The van der Waals surface area contributed by atoms with Crippen molar-refractivity contribution in [3.63, 3.8) is 0 Å². The van der Waals surface area contributed by atoms with Crippen molar-refractivity contribution in [2.24, 2.45) is 0 Å². The Morgan fingerprint density at radius 2 is 2.23 bits per heavy atom. The molecule has 1 aliphatic rings. The minimum Gasteiger partial charge on any atom is -0.388 e. The molecule has 1 aliphatic carbocycles. The van der Waals surface area contributed by atoms with Gasteiger partial charge in [0, 0.05) is 12.0 Å². The lowest BCUT2D eigenvalue weighted by Gasteiger charge is -2.00. The average Bonchev–Trinajstić information content (AvgIpc) is 2.32. The Morgan fingerprint density at radius 3 is 2.69 bits per heavy atom. The Balaban J connectivity index is 2.66. The van der Waals surface area contributed by atoms with Gasteiger partial charge in [-0.25, -0.2) is 0 Å². The van der Waals surface area contributed by atoms with E-state index in [1.54, 1.807) is 0 Å². The largest absolute Gasteiger partial charge is 0.388 e. The number of Topliss-reactive ketones (excluding diaryl/α,β-unsaturated/α-hetero) is 1. The van der Waals surface area contributed by atoms with Gasteiger partial charge in [0.2, 0.25) is 0 Å². The van der Waals surface area contributed by atoms with Crippen molar-refractivity contribution in [2.45, 2.75) is 39.2 Å². The van der Waals surface area contributed by atoms with Gasteiger partial charge in [0.15, 0.2) is 5.78 Å². The maximum Gasteiger partial charge on any atom is 0.162 e. The van der Waals surface area contributed by atoms with Gasteiger partial charge in [-0.2, -0.15) is 0 Å². The maximum atomic E-state index is 11.3. The van der Waals surface area contributed by atoms with Gasteiger partial charge >= 0.3 is 0 Å². The first-order chi connectivity index (χ1) is 6.16. The fourth-order valence-corrected chi connectivity index (χ4v) is 1.52. The van der Waals surface area contributed by atoms with Crippen molar-refractivity contribution in [1.82, 2.24) is 0 Å². The fourth-order valence-electron chi connectivity index (χ4n) is 1.52. The van der Waals surface area contributed by atoms with Crippen LogP contribution in [0.4, 0.5) is 0 Å². The number of allylic oxidation sites excluding steroid dienone is 3. The van der Waals surface area contributed by atoms with Gasteiger partial charge in [0.1, 0.15) is 0 Å². The van der Waals surface area contributed by atoms with Crippen LogP contribution in [0, 0.1) is 0 Å². The first-order valence-corrected chi connectivity index (χ1v) is 4.72. The SMILES string of the molecule is CCC=CCC1=C(C)[C@H](O)CC1=O. The minimum atomic E-state index is -0.530. The van der Waals surface area contributed by atoms with E-state index in [1.807, 2.05) is 19.1 Å². The molecule has 0 aromatic carbocycles. The Labute approximate surface area is 79.0 Å². The summed E-state index contributed by atoms with van der Waals surface area (Å²) < 4.78 is 0. The number of ketones is 1. The molecule has 0 fully saturated rings. The molecule has 2 nitrogen and oxygen atoms in total. The molecule has 1 atom stereocenters. The van der Waals surface area contributed by atoms with E-state index < -0.39 is 6.10 Å². The van der Waals surface area contributed by atoms with Crippen LogP contribution in [0.2, 0.25) is 0 Å². The molecule has 0 bridgehead atoms. The van der Waals surface area contributed by atoms with Crippen molar-refractivity contribution in [1.29, 1.82) is 0 Å². The Kier molecular flexibility index (Phi) is 3.43. The molecular weight excluding hydrogens is 164 g/mol. The van der Waals surface area contributed by atoms with E-state index in [9.17, 15) is 9.90 Å². The molecule has 1 rings (SSSR count). The zero-order valence-electron chi connectivity index (χ0n) is 8.21. The molecule has 0 aliphatic heterocycles. The third-order valence-electron chi connectivity index (χ3n) is 2.42. The molecule has 0 saturated carbocycles. The number of aliphatic hydroxyl groups excluding tert-OH is 1. The lowest BCUT2D eigenvalue weighted by Crippen LogP contribution is -2.03. The normalized spacial score (nSPS) is 23.6. The highest BCUT2D eigenvalue weighted by molar-refractivity contribution is 5.99. The van der Waals surface area contributed by atoms with Crippen LogP contribution in [0.3, 0.4) is 0 Å². The first kappa shape index (κ1) is 10.2. The molecule has 1 N–H and O–H groups in total. The topological polar surface area (TPSA) is 37.3 Å². The summed E-state index contributed by atoms with van der Waals surface area (Å²) in [6.07, 6.45) is 5.45. The maximum absolute atomic E-state index is 11.3. The van der Waals surface area contributed by atoms with Gasteiger partial charge in [0.05, 0.1) is 6.10 Å². The smallest absolute Gasteiger partial charge is 0.162 e. The molecule has 0 amide bonds. The van der Waals surface area contributed by atoms with E-state index >= 15 is 0 Å². The first-order valence-electron chi connectivity index (χ1n) is 4.72. The summed E-state index contributed by atoms with van der Waals surface area (Å²) in [4.78, 5) is 11.3. The van der Waals surface area contributed by atoms with E-state index in [0.717, 1.165) is 17.6 Å². The molecule has 0 unspecified atom stereocenters. The molecule has 0 aromatic heterocycles. The summed E-state index contributed by atoms with van der Waals surface area (Å²) >= 11 is 0. The van der Waals surface area contributed by atoms with Crippen molar-refractivity contribution in [2.75, 3.05) is 0 Å². The molecule has 13 heavy (non-hydrogen) atoms. The summed E-state index contributed by atoms with van der Waals surface area (Å²) in [7, 11) is 0. The summed E-state index contributed by atoms with van der Waals surface area (Å²) in [5, 5.41) is 9.39. The molecule has 72 valence electrons. The van der Waals surface area contributed by atoms with Crippen LogP contribution in [-0.4, -0.2) is 17.0 Å². The second-order valence-electron chi connectivity index (χ2n) is 3.39.